The Kier molecular flexibility index (Phi) is 5.82. The Morgan fingerprint density at radius 3 is 2.50 bits per heavy atom. The van der Waals surface area contributed by atoms with E-state index in [4.69, 9.17) is 23.2 Å². The van der Waals surface area contributed by atoms with Crippen molar-refractivity contribution in [2.45, 2.75) is 0 Å². The highest BCUT2D eigenvalue weighted by Crippen LogP contribution is 2.32. The molecule has 0 fully saturated rings. The highest BCUT2D eigenvalue weighted by molar-refractivity contribution is 6.42. The van der Waals surface area contributed by atoms with Gasteiger partial charge in [-0.3, -0.25) is 30.7 Å². The van der Waals surface area contributed by atoms with Gasteiger partial charge in [0.25, 0.3) is 5.91 Å². The van der Waals surface area contributed by atoms with Gasteiger partial charge < -0.3 is 5.32 Å². The summed E-state index contributed by atoms with van der Waals surface area (Å²) in [4.78, 5) is 34.5. The van der Waals surface area contributed by atoms with Crippen LogP contribution in [-0.4, -0.2) is 25.8 Å². The fraction of sp³-hybridized carbons (Fsp3) is 0. The number of hydrogen-bond donors (Lipinski definition) is 3. The molecule has 0 aliphatic rings. The van der Waals surface area contributed by atoms with Gasteiger partial charge in [0.05, 0.1) is 15.0 Å². The predicted molar refractivity (Wildman–Crippen MR) is 104 cm³/mol. The molecule has 2 heterocycles. The summed E-state index contributed by atoms with van der Waals surface area (Å²) in [5.74, 6) is -0.910. The quantitative estimate of drug-likeness (QED) is 0.407. The molecule has 3 aromatic rings. The lowest BCUT2D eigenvalue weighted by atomic mass is 10.3. The molecule has 3 rings (SSSR count). The first-order valence-corrected chi connectivity index (χ1v) is 8.40. The summed E-state index contributed by atoms with van der Waals surface area (Å²) in [6, 6.07) is 9.38. The van der Waals surface area contributed by atoms with Gasteiger partial charge in [-0.25, -0.2) is 9.97 Å². The highest BCUT2D eigenvalue weighted by atomic mass is 35.5. The number of pyridine rings is 1. The predicted octanol–water partition coefficient (Wildman–Crippen LogP) is 3.59. The fourth-order valence-electron chi connectivity index (χ4n) is 2.12. The van der Waals surface area contributed by atoms with Gasteiger partial charge >= 0.3 is 5.69 Å². The molecule has 3 N–H and O–H groups in total. The second-order valence-corrected chi connectivity index (χ2v) is 6.04. The van der Waals surface area contributed by atoms with Crippen LogP contribution in [0.4, 0.5) is 23.0 Å². The maximum Gasteiger partial charge on any atom is 0.355 e. The normalized spacial score (nSPS) is 10.2. The first-order chi connectivity index (χ1) is 13.5. The van der Waals surface area contributed by atoms with Crippen molar-refractivity contribution in [3.8, 4) is 0 Å². The number of carbonyl (C=O) groups is 1. The SMILES string of the molecule is O=C(NNc1ncnc(Nc2ccc(Cl)c(Cl)c2)c1[N+](=O)[O-])c1ccccn1. The highest BCUT2D eigenvalue weighted by Gasteiger charge is 2.24. The summed E-state index contributed by atoms with van der Waals surface area (Å²) in [5, 5.41) is 14.9. The average molecular weight is 420 g/mol. The van der Waals surface area contributed by atoms with Crippen molar-refractivity contribution in [1.82, 2.24) is 20.4 Å². The first kappa shape index (κ1) is 19.3. The van der Waals surface area contributed by atoms with Crippen LogP contribution in [0.3, 0.4) is 0 Å². The number of anilines is 3. The Hall–Kier alpha value is -3.50. The largest absolute Gasteiger partial charge is 0.355 e. The van der Waals surface area contributed by atoms with E-state index in [-0.39, 0.29) is 22.4 Å². The molecule has 10 nitrogen and oxygen atoms in total. The third-order valence-corrected chi connectivity index (χ3v) is 4.12. The molecule has 0 unspecified atom stereocenters. The Labute approximate surface area is 168 Å². The van der Waals surface area contributed by atoms with Gasteiger partial charge in [-0.2, -0.15) is 0 Å². The van der Waals surface area contributed by atoms with Crippen LogP contribution in [0.15, 0.2) is 48.9 Å². The second kappa shape index (κ2) is 8.46. The van der Waals surface area contributed by atoms with Crippen LogP contribution < -0.4 is 16.2 Å². The van der Waals surface area contributed by atoms with Crippen LogP contribution in [0, 0.1) is 10.1 Å². The number of nitrogens with zero attached hydrogens (tertiary/aromatic N) is 4. The van der Waals surface area contributed by atoms with E-state index < -0.39 is 16.5 Å². The number of hydrogen-bond acceptors (Lipinski definition) is 8. The van der Waals surface area contributed by atoms with E-state index in [0.717, 1.165) is 6.33 Å². The van der Waals surface area contributed by atoms with Gasteiger partial charge in [-0.05, 0) is 30.3 Å². The minimum absolute atomic E-state index is 0.104. The zero-order valence-electron chi connectivity index (χ0n) is 13.9. The summed E-state index contributed by atoms with van der Waals surface area (Å²) >= 11 is 11.8. The van der Waals surface area contributed by atoms with Gasteiger partial charge in [0.15, 0.2) is 0 Å². The molecule has 12 heteroatoms. The maximum atomic E-state index is 12.1. The van der Waals surface area contributed by atoms with Crippen LogP contribution >= 0.6 is 23.2 Å². The molecule has 142 valence electrons. The van der Waals surface area contributed by atoms with E-state index >= 15 is 0 Å². The minimum atomic E-state index is -0.685. The fourth-order valence-corrected chi connectivity index (χ4v) is 2.42. The Morgan fingerprint density at radius 1 is 1.04 bits per heavy atom. The lowest BCUT2D eigenvalue weighted by Crippen LogP contribution is -2.31. The first-order valence-electron chi connectivity index (χ1n) is 7.64. The number of aromatic nitrogens is 3. The van der Waals surface area contributed by atoms with E-state index in [9.17, 15) is 14.9 Å². The Balaban J connectivity index is 1.84. The molecule has 0 bridgehead atoms. The van der Waals surface area contributed by atoms with E-state index in [1.165, 1.54) is 24.4 Å². The average Bonchev–Trinajstić information content (AvgIpc) is 2.69. The number of halogens is 2. The van der Waals surface area contributed by atoms with Crippen LogP contribution in [0.25, 0.3) is 0 Å². The van der Waals surface area contributed by atoms with Gasteiger partial charge in [0.2, 0.25) is 11.6 Å². The molecule has 0 saturated heterocycles. The van der Waals surface area contributed by atoms with Crippen molar-refractivity contribution in [3.05, 3.63) is 74.8 Å². The van der Waals surface area contributed by atoms with Crippen LogP contribution in [0.1, 0.15) is 10.5 Å². The molecular formula is C16H11Cl2N7O3. The van der Waals surface area contributed by atoms with Gasteiger partial charge in [0.1, 0.15) is 12.0 Å². The molecule has 0 aliphatic carbocycles. The number of rotatable bonds is 6. The number of hydrazine groups is 1. The molecule has 1 amide bonds. The molecule has 1 aromatic carbocycles. The van der Waals surface area contributed by atoms with Gasteiger partial charge in [0, 0.05) is 11.9 Å². The zero-order valence-corrected chi connectivity index (χ0v) is 15.4. The molecule has 0 atom stereocenters. The lowest BCUT2D eigenvalue weighted by Gasteiger charge is -2.11. The van der Waals surface area contributed by atoms with E-state index in [2.05, 4.69) is 31.1 Å². The van der Waals surface area contributed by atoms with Crippen molar-refractivity contribution in [1.29, 1.82) is 0 Å². The summed E-state index contributed by atoms with van der Waals surface area (Å²) in [5.41, 5.74) is 4.80. The monoisotopic (exact) mass is 419 g/mol. The zero-order chi connectivity index (χ0) is 20.1. The molecule has 0 spiro atoms. The van der Waals surface area contributed by atoms with Crippen molar-refractivity contribution >= 4 is 52.1 Å². The van der Waals surface area contributed by atoms with Crippen molar-refractivity contribution in [2.24, 2.45) is 0 Å². The van der Waals surface area contributed by atoms with Crippen molar-refractivity contribution < 1.29 is 9.72 Å². The number of nitrogens with one attached hydrogen (secondary N) is 3. The number of amides is 1. The van der Waals surface area contributed by atoms with Crippen molar-refractivity contribution in [2.75, 3.05) is 10.7 Å². The summed E-state index contributed by atoms with van der Waals surface area (Å²) in [7, 11) is 0. The Morgan fingerprint density at radius 2 is 1.82 bits per heavy atom. The van der Waals surface area contributed by atoms with Gasteiger partial charge in [-0.15, -0.1) is 0 Å². The van der Waals surface area contributed by atoms with Crippen LogP contribution in [0.5, 0.6) is 0 Å². The molecule has 0 radical (unpaired) electrons. The standard InChI is InChI=1S/C16H11Cl2N7O3/c17-10-5-4-9(7-11(10)18)22-14-13(25(27)28)15(21-8-20-14)23-24-16(26)12-3-1-2-6-19-12/h1-8H,(H,24,26)(H2,20,21,22,23). The lowest BCUT2D eigenvalue weighted by molar-refractivity contribution is -0.383. The van der Waals surface area contributed by atoms with E-state index in [0.29, 0.717) is 10.7 Å². The van der Waals surface area contributed by atoms with Gasteiger partial charge in [-0.1, -0.05) is 29.3 Å². The van der Waals surface area contributed by atoms with E-state index in [1.807, 2.05) is 0 Å². The molecule has 0 aliphatic heterocycles. The molecule has 0 saturated carbocycles. The number of nitro groups is 1. The molecular weight excluding hydrogens is 409 g/mol. The summed E-state index contributed by atoms with van der Waals surface area (Å²) < 4.78 is 0. The second-order valence-electron chi connectivity index (χ2n) is 5.22. The third-order valence-electron chi connectivity index (χ3n) is 3.38. The topological polar surface area (TPSA) is 135 Å². The van der Waals surface area contributed by atoms with Crippen molar-refractivity contribution in [3.63, 3.8) is 0 Å². The third kappa shape index (κ3) is 4.42. The van der Waals surface area contributed by atoms with Crippen LogP contribution in [0.2, 0.25) is 10.0 Å². The number of benzene rings is 1. The summed E-state index contributed by atoms with van der Waals surface area (Å²) in [6.07, 6.45) is 2.55. The summed E-state index contributed by atoms with van der Waals surface area (Å²) in [6.45, 7) is 0. The molecule has 28 heavy (non-hydrogen) atoms. The molecule has 2 aromatic heterocycles. The smallest absolute Gasteiger partial charge is 0.334 e. The minimum Gasteiger partial charge on any atom is -0.334 e. The Bertz CT molecular complexity index is 1030. The number of carbonyl (C=O) groups excluding carboxylic acids is 1. The maximum absolute atomic E-state index is 12.1. The van der Waals surface area contributed by atoms with Crippen LogP contribution in [-0.2, 0) is 0 Å². The van der Waals surface area contributed by atoms with E-state index in [1.54, 1.807) is 18.2 Å².